The van der Waals surface area contributed by atoms with Crippen LogP contribution in [0.1, 0.15) is 20.3 Å². The summed E-state index contributed by atoms with van der Waals surface area (Å²) in [7, 11) is 0. The molecule has 0 fully saturated rings. The van der Waals surface area contributed by atoms with E-state index in [2.05, 4.69) is 18.5 Å². The van der Waals surface area contributed by atoms with Gasteiger partial charge in [0.05, 0.1) is 6.42 Å². The molecule has 0 unspecified atom stereocenters. The van der Waals surface area contributed by atoms with Gasteiger partial charge in [0.15, 0.2) is 5.78 Å². The first-order valence-corrected chi connectivity index (χ1v) is 4.63. The number of carboxylic acid groups (broad SMARTS) is 1. The molecule has 0 aliphatic carbocycles. The van der Waals surface area contributed by atoms with Gasteiger partial charge in [0, 0.05) is 5.57 Å². The Labute approximate surface area is 93.8 Å². The summed E-state index contributed by atoms with van der Waals surface area (Å²) in [4.78, 5) is 33.3. The van der Waals surface area contributed by atoms with E-state index in [0.29, 0.717) is 0 Å². The Balaban J connectivity index is 4.74. The largest absolute Gasteiger partial charge is 0.481 e. The number of aliphatic carboxylic acids is 1. The summed E-state index contributed by atoms with van der Waals surface area (Å²) in [5.74, 6) is -2.19. The van der Waals surface area contributed by atoms with Gasteiger partial charge in [-0.15, -0.1) is 0 Å². The van der Waals surface area contributed by atoms with Gasteiger partial charge in [0.2, 0.25) is 5.91 Å². The zero-order chi connectivity index (χ0) is 12.9. The van der Waals surface area contributed by atoms with Crippen molar-refractivity contribution in [1.82, 2.24) is 5.32 Å². The zero-order valence-corrected chi connectivity index (χ0v) is 9.37. The minimum absolute atomic E-state index is 0.202. The van der Waals surface area contributed by atoms with E-state index in [4.69, 9.17) is 5.11 Å². The Morgan fingerprint density at radius 1 is 1.19 bits per heavy atom. The Kier molecular flexibility index (Phi) is 5.15. The lowest BCUT2D eigenvalue weighted by molar-refractivity contribution is -0.139. The molecule has 0 aromatic rings. The summed E-state index contributed by atoms with van der Waals surface area (Å²) >= 11 is 0. The molecule has 0 saturated carbocycles. The fourth-order valence-electron chi connectivity index (χ4n) is 0.963. The van der Waals surface area contributed by atoms with Gasteiger partial charge in [0.1, 0.15) is 6.04 Å². The summed E-state index contributed by atoms with van der Waals surface area (Å²) in [6.45, 7) is 9.75. The lowest BCUT2D eigenvalue weighted by Crippen LogP contribution is -2.42. The van der Waals surface area contributed by atoms with Crippen LogP contribution in [0.5, 0.6) is 0 Å². The number of carboxylic acids is 1. The number of Topliss-reactive ketones (excluding diaryl/α,β-unsaturated/α-hetero) is 1. The summed E-state index contributed by atoms with van der Waals surface area (Å²) in [6, 6.07) is -1.08. The molecule has 1 atom stereocenters. The van der Waals surface area contributed by atoms with E-state index in [-0.39, 0.29) is 11.1 Å². The highest BCUT2D eigenvalue weighted by Crippen LogP contribution is 2.03. The minimum atomic E-state index is -1.17. The number of amides is 1. The number of ketones is 1. The molecular weight excluding hydrogens is 210 g/mol. The molecule has 16 heavy (non-hydrogen) atoms. The van der Waals surface area contributed by atoms with Crippen LogP contribution in [0.15, 0.2) is 24.3 Å². The number of carbonyl (C=O) groups is 3. The van der Waals surface area contributed by atoms with Gasteiger partial charge in [-0.05, 0) is 19.4 Å². The molecule has 0 rings (SSSR count). The minimum Gasteiger partial charge on any atom is -0.481 e. The van der Waals surface area contributed by atoms with Gasteiger partial charge >= 0.3 is 5.97 Å². The van der Waals surface area contributed by atoms with Gasteiger partial charge < -0.3 is 10.4 Å². The highest BCUT2D eigenvalue weighted by molar-refractivity contribution is 6.04. The lowest BCUT2D eigenvalue weighted by atomic mass is 10.0. The van der Waals surface area contributed by atoms with Gasteiger partial charge in [-0.3, -0.25) is 14.4 Å². The van der Waals surface area contributed by atoms with Gasteiger partial charge in [-0.1, -0.05) is 13.2 Å². The van der Waals surface area contributed by atoms with Gasteiger partial charge in [-0.2, -0.15) is 0 Å². The Hall–Kier alpha value is -1.91. The summed E-state index contributed by atoms with van der Waals surface area (Å²) in [6.07, 6.45) is -0.468. The van der Waals surface area contributed by atoms with Crippen molar-refractivity contribution in [3.8, 4) is 0 Å². The maximum Gasteiger partial charge on any atom is 0.305 e. The molecular formula is C11H15NO4. The van der Waals surface area contributed by atoms with Crippen LogP contribution >= 0.6 is 0 Å². The van der Waals surface area contributed by atoms with Crippen LogP contribution in [-0.2, 0) is 14.4 Å². The number of rotatable bonds is 6. The Morgan fingerprint density at radius 3 is 2.00 bits per heavy atom. The smallest absolute Gasteiger partial charge is 0.305 e. The fraction of sp³-hybridized carbons (Fsp3) is 0.364. The van der Waals surface area contributed by atoms with Crippen molar-refractivity contribution in [2.75, 3.05) is 0 Å². The first kappa shape index (κ1) is 14.1. The molecule has 5 nitrogen and oxygen atoms in total. The van der Waals surface area contributed by atoms with E-state index in [1.165, 1.54) is 13.8 Å². The van der Waals surface area contributed by atoms with Crippen molar-refractivity contribution >= 4 is 17.7 Å². The van der Waals surface area contributed by atoms with Crippen molar-refractivity contribution < 1.29 is 19.5 Å². The van der Waals surface area contributed by atoms with Crippen LogP contribution in [0.4, 0.5) is 0 Å². The van der Waals surface area contributed by atoms with E-state index in [0.717, 1.165) is 0 Å². The van der Waals surface area contributed by atoms with E-state index < -0.39 is 30.1 Å². The maximum absolute atomic E-state index is 11.5. The fourth-order valence-corrected chi connectivity index (χ4v) is 0.963. The van der Waals surface area contributed by atoms with E-state index in [1.54, 1.807) is 0 Å². The monoisotopic (exact) mass is 225 g/mol. The van der Waals surface area contributed by atoms with Crippen molar-refractivity contribution in [2.45, 2.75) is 26.3 Å². The van der Waals surface area contributed by atoms with Crippen LogP contribution in [0.25, 0.3) is 0 Å². The quantitative estimate of drug-likeness (QED) is 0.651. The predicted octanol–water partition coefficient (Wildman–Crippen LogP) is 0.667. The molecule has 0 heterocycles. The van der Waals surface area contributed by atoms with Gasteiger partial charge in [-0.25, -0.2) is 0 Å². The molecule has 0 saturated heterocycles. The van der Waals surface area contributed by atoms with Crippen LogP contribution in [0.2, 0.25) is 0 Å². The van der Waals surface area contributed by atoms with Crippen LogP contribution in [-0.4, -0.2) is 28.8 Å². The molecule has 0 spiro atoms. The van der Waals surface area contributed by atoms with E-state index >= 15 is 0 Å². The zero-order valence-electron chi connectivity index (χ0n) is 9.37. The van der Waals surface area contributed by atoms with Crippen LogP contribution in [0, 0.1) is 0 Å². The van der Waals surface area contributed by atoms with Crippen molar-refractivity contribution in [2.24, 2.45) is 0 Å². The Bertz CT molecular complexity index is 357. The summed E-state index contributed by atoms with van der Waals surface area (Å²) < 4.78 is 0. The third-order valence-corrected chi connectivity index (χ3v) is 1.81. The van der Waals surface area contributed by atoms with Crippen LogP contribution < -0.4 is 5.32 Å². The third-order valence-electron chi connectivity index (χ3n) is 1.81. The second-order valence-electron chi connectivity index (χ2n) is 3.55. The SMILES string of the molecule is C=C(C)C(=O)N[C@@H](CC(=O)O)C(=O)C(=C)C. The molecule has 0 aliphatic rings. The summed E-state index contributed by atoms with van der Waals surface area (Å²) in [5.41, 5.74) is 0.415. The average Bonchev–Trinajstić information content (AvgIpc) is 2.14. The number of hydrogen-bond donors (Lipinski definition) is 2. The molecule has 88 valence electrons. The molecule has 0 bridgehead atoms. The van der Waals surface area contributed by atoms with E-state index in [1.807, 2.05) is 0 Å². The molecule has 2 N–H and O–H groups in total. The normalized spacial score (nSPS) is 11.4. The second-order valence-corrected chi connectivity index (χ2v) is 3.55. The number of carbonyl (C=O) groups excluding carboxylic acids is 2. The molecule has 0 aliphatic heterocycles. The molecule has 5 heteroatoms. The number of nitrogens with one attached hydrogen (secondary N) is 1. The highest BCUT2D eigenvalue weighted by Gasteiger charge is 2.23. The third kappa shape index (κ3) is 4.54. The Morgan fingerprint density at radius 2 is 1.69 bits per heavy atom. The lowest BCUT2D eigenvalue weighted by Gasteiger charge is -2.15. The van der Waals surface area contributed by atoms with Gasteiger partial charge in [0.25, 0.3) is 0 Å². The molecule has 1 amide bonds. The topological polar surface area (TPSA) is 83.5 Å². The van der Waals surface area contributed by atoms with Crippen molar-refractivity contribution in [3.63, 3.8) is 0 Å². The van der Waals surface area contributed by atoms with Crippen molar-refractivity contribution in [3.05, 3.63) is 24.3 Å². The molecule has 0 radical (unpaired) electrons. The molecule has 0 aromatic heterocycles. The standard InChI is InChI=1S/C11H15NO4/c1-6(2)10(15)8(5-9(13)14)12-11(16)7(3)4/h8H,1,3,5H2,2,4H3,(H,12,16)(H,13,14)/t8-/m0/s1. The molecule has 0 aromatic carbocycles. The predicted molar refractivity (Wildman–Crippen MR) is 58.8 cm³/mol. The van der Waals surface area contributed by atoms with E-state index in [9.17, 15) is 14.4 Å². The first-order valence-electron chi connectivity index (χ1n) is 4.63. The first-order chi connectivity index (χ1) is 7.25. The number of hydrogen-bond acceptors (Lipinski definition) is 3. The van der Waals surface area contributed by atoms with Crippen LogP contribution in [0.3, 0.4) is 0 Å². The summed E-state index contributed by atoms with van der Waals surface area (Å²) in [5, 5.41) is 10.9. The highest BCUT2D eigenvalue weighted by atomic mass is 16.4. The van der Waals surface area contributed by atoms with Crippen molar-refractivity contribution in [1.29, 1.82) is 0 Å². The average molecular weight is 225 g/mol. The second kappa shape index (κ2) is 5.85. The maximum atomic E-state index is 11.5.